The summed E-state index contributed by atoms with van der Waals surface area (Å²) in [5, 5.41) is 13.6. The number of nitrogens with zero attached hydrogens (tertiary/aromatic N) is 2. The number of fused-ring (bicyclic) bond motifs is 3. The number of nitrogens with one attached hydrogen (secondary N) is 1. The molecule has 0 amide bonds. The van der Waals surface area contributed by atoms with Gasteiger partial charge < -0.3 is 15.6 Å². The van der Waals surface area contributed by atoms with E-state index in [9.17, 15) is 18.0 Å². The van der Waals surface area contributed by atoms with Crippen LogP contribution in [0.1, 0.15) is 17.4 Å². The van der Waals surface area contributed by atoms with Crippen molar-refractivity contribution in [1.29, 1.82) is 0 Å². The average molecular weight is 422 g/mol. The van der Waals surface area contributed by atoms with E-state index in [0.717, 1.165) is 28.1 Å². The van der Waals surface area contributed by atoms with Crippen LogP contribution in [0.3, 0.4) is 0 Å². The van der Waals surface area contributed by atoms with Gasteiger partial charge in [0.2, 0.25) is 0 Å². The second-order valence-corrected chi connectivity index (χ2v) is 6.38. The van der Waals surface area contributed by atoms with E-state index in [2.05, 4.69) is 16.3 Å². The van der Waals surface area contributed by atoms with Crippen molar-refractivity contribution in [2.75, 3.05) is 7.11 Å². The molecule has 3 aromatic rings. The fraction of sp³-hybridized carbons (Fsp3) is 0.211. The number of H-pyrrole nitrogens is 1. The highest BCUT2D eigenvalue weighted by Gasteiger charge is 2.38. The van der Waals surface area contributed by atoms with Gasteiger partial charge in [0.25, 0.3) is 0 Å². The summed E-state index contributed by atoms with van der Waals surface area (Å²) in [4.78, 5) is 20.9. The van der Waals surface area contributed by atoms with Crippen LogP contribution in [0.5, 0.6) is 5.75 Å². The Balaban J connectivity index is 0.000000318. The molecule has 2 aromatic carbocycles. The van der Waals surface area contributed by atoms with Crippen molar-refractivity contribution in [2.24, 2.45) is 5.73 Å². The molecule has 0 aliphatic carbocycles. The molecule has 0 spiro atoms. The van der Waals surface area contributed by atoms with Crippen molar-refractivity contribution < 1.29 is 27.8 Å². The minimum absolute atomic E-state index is 0.263. The second-order valence-electron chi connectivity index (χ2n) is 6.38. The predicted molar refractivity (Wildman–Crippen MR) is 100 cm³/mol. The lowest BCUT2D eigenvalue weighted by Gasteiger charge is -2.22. The standard InChI is InChI=1S/C17H16N4O2.C2HF3O2/c1-23-15-5-3-2-4-12(15)10-6-7-14-11(8-10)9-13(18)16-19-20-17(22)21(14)16;3-2(4,5)1(6)7/h2-8,13H,9,18H2,1H3,(H,20,22);(H,6,7). The normalized spacial score (nSPS) is 14.8. The zero-order chi connectivity index (χ0) is 22.1. The number of carboxylic acids is 1. The summed E-state index contributed by atoms with van der Waals surface area (Å²) < 4.78 is 38.7. The Morgan fingerprint density at radius 1 is 1.30 bits per heavy atom. The van der Waals surface area contributed by atoms with Crippen molar-refractivity contribution >= 4 is 5.97 Å². The van der Waals surface area contributed by atoms with Crippen molar-refractivity contribution in [3.05, 3.63) is 64.3 Å². The molecule has 30 heavy (non-hydrogen) atoms. The number of benzene rings is 2. The number of aromatic nitrogens is 3. The van der Waals surface area contributed by atoms with E-state index in [-0.39, 0.29) is 11.7 Å². The number of carboxylic acid groups (broad SMARTS) is 1. The van der Waals surface area contributed by atoms with Gasteiger partial charge in [-0.3, -0.25) is 0 Å². The Bertz CT molecular complexity index is 1140. The third kappa shape index (κ3) is 4.06. The Kier molecular flexibility index (Phi) is 5.65. The van der Waals surface area contributed by atoms with Crippen molar-refractivity contribution in [2.45, 2.75) is 18.6 Å². The topological polar surface area (TPSA) is 123 Å². The Hall–Kier alpha value is -3.60. The minimum Gasteiger partial charge on any atom is -0.496 e. The predicted octanol–water partition coefficient (Wildman–Crippen LogP) is 2.43. The van der Waals surface area contributed by atoms with Crippen LogP contribution in [0.25, 0.3) is 16.8 Å². The summed E-state index contributed by atoms with van der Waals surface area (Å²) in [5.74, 6) is -1.37. The first-order valence-electron chi connectivity index (χ1n) is 8.63. The number of rotatable bonds is 2. The molecular formula is C19H17F3N4O4. The molecule has 8 nitrogen and oxygen atoms in total. The van der Waals surface area contributed by atoms with Crippen molar-refractivity contribution in [3.63, 3.8) is 0 Å². The molecule has 0 saturated heterocycles. The fourth-order valence-corrected chi connectivity index (χ4v) is 3.14. The van der Waals surface area contributed by atoms with Crippen LogP contribution in [-0.2, 0) is 11.2 Å². The number of ether oxygens (including phenoxy) is 1. The van der Waals surface area contributed by atoms with Crippen LogP contribution in [-0.4, -0.2) is 39.1 Å². The number of para-hydroxylation sites is 1. The zero-order valence-corrected chi connectivity index (χ0v) is 15.6. The summed E-state index contributed by atoms with van der Waals surface area (Å²) in [6, 6.07) is 13.5. The quantitative estimate of drug-likeness (QED) is 0.583. The van der Waals surface area contributed by atoms with Crippen LogP contribution >= 0.6 is 0 Å². The maximum Gasteiger partial charge on any atom is 0.490 e. The van der Waals surface area contributed by atoms with Gasteiger partial charge in [0.15, 0.2) is 5.82 Å². The molecule has 0 bridgehead atoms. The van der Waals surface area contributed by atoms with Crippen LogP contribution < -0.4 is 16.2 Å². The number of aliphatic carboxylic acids is 1. The summed E-state index contributed by atoms with van der Waals surface area (Å²) in [6.45, 7) is 0. The number of methoxy groups -OCH3 is 1. The molecule has 2 heterocycles. The van der Waals surface area contributed by atoms with Gasteiger partial charge in [-0.25, -0.2) is 19.3 Å². The molecule has 1 unspecified atom stereocenters. The van der Waals surface area contributed by atoms with E-state index in [1.165, 1.54) is 0 Å². The number of hydrogen-bond acceptors (Lipinski definition) is 5. The molecule has 158 valence electrons. The maximum absolute atomic E-state index is 12.0. The van der Waals surface area contributed by atoms with Gasteiger partial charge in [-0.15, -0.1) is 0 Å². The Morgan fingerprint density at radius 3 is 2.60 bits per heavy atom. The maximum atomic E-state index is 12.0. The third-order valence-corrected chi connectivity index (χ3v) is 4.45. The SMILES string of the molecule is COc1ccccc1-c1ccc2c(c1)CC(N)c1n[nH]c(=O)n1-2.O=C(O)C(F)(F)F. The van der Waals surface area contributed by atoms with Crippen LogP contribution in [0.2, 0.25) is 0 Å². The molecule has 0 radical (unpaired) electrons. The van der Waals surface area contributed by atoms with E-state index >= 15 is 0 Å². The molecule has 11 heteroatoms. The summed E-state index contributed by atoms with van der Waals surface area (Å²) in [6.07, 6.45) is -4.44. The number of hydrogen-bond donors (Lipinski definition) is 3. The first kappa shape index (κ1) is 21.1. The average Bonchev–Trinajstić information content (AvgIpc) is 3.10. The van der Waals surface area contributed by atoms with Crippen molar-refractivity contribution in [3.8, 4) is 22.6 Å². The highest BCUT2D eigenvalue weighted by molar-refractivity contribution is 5.73. The molecule has 1 aromatic heterocycles. The van der Waals surface area contributed by atoms with Gasteiger partial charge in [-0.05, 0) is 35.7 Å². The number of halogens is 3. The summed E-state index contributed by atoms with van der Waals surface area (Å²) >= 11 is 0. The monoisotopic (exact) mass is 422 g/mol. The van der Waals surface area contributed by atoms with Gasteiger partial charge in [0.05, 0.1) is 18.8 Å². The lowest BCUT2D eigenvalue weighted by molar-refractivity contribution is -0.192. The number of carbonyl (C=O) groups is 1. The highest BCUT2D eigenvalue weighted by Crippen LogP contribution is 2.34. The first-order chi connectivity index (χ1) is 14.1. The fourth-order valence-electron chi connectivity index (χ4n) is 3.14. The second kappa shape index (κ2) is 8.03. The van der Waals surface area contributed by atoms with E-state index < -0.39 is 12.1 Å². The molecule has 0 fully saturated rings. The Labute approximate surface area is 167 Å². The largest absolute Gasteiger partial charge is 0.496 e. The molecule has 1 aliphatic heterocycles. The summed E-state index contributed by atoms with van der Waals surface area (Å²) in [7, 11) is 1.66. The van der Waals surface area contributed by atoms with Gasteiger partial charge >= 0.3 is 17.8 Å². The smallest absolute Gasteiger partial charge is 0.490 e. The van der Waals surface area contributed by atoms with Crippen LogP contribution in [0.4, 0.5) is 13.2 Å². The Morgan fingerprint density at radius 2 is 1.97 bits per heavy atom. The number of alkyl halides is 3. The van der Waals surface area contributed by atoms with E-state index in [4.69, 9.17) is 20.4 Å². The van der Waals surface area contributed by atoms with Gasteiger partial charge in [-0.2, -0.15) is 18.3 Å². The molecule has 4 rings (SSSR count). The van der Waals surface area contributed by atoms with E-state index in [1.54, 1.807) is 11.7 Å². The van der Waals surface area contributed by atoms with Crippen molar-refractivity contribution in [1.82, 2.24) is 14.8 Å². The van der Waals surface area contributed by atoms with Gasteiger partial charge in [-0.1, -0.05) is 24.3 Å². The highest BCUT2D eigenvalue weighted by atomic mass is 19.4. The molecule has 1 aliphatic rings. The lowest BCUT2D eigenvalue weighted by atomic mass is 9.95. The van der Waals surface area contributed by atoms with E-state index in [1.807, 2.05) is 36.4 Å². The molecule has 1 atom stereocenters. The van der Waals surface area contributed by atoms with Gasteiger partial charge in [0, 0.05) is 5.56 Å². The summed E-state index contributed by atoms with van der Waals surface area (Å²) in [5.41, 5.74) is 9.79. The lowest BCUT2D eigenvalue weighted by Crippen LogP contribution is -2.28. The number of nitrogens with two attached hydrogens (primary N) is 1. The van der Waals surface area contributed by atoms with Gasteiger partial charge in [0.1, 0.15) is 5.75 Å². The van der Waals surface area contributed by atoms with Crippen LogP contribution in [0, 0.1) is 0 Å². The van der Waals surface area contributed by atoms with Crippen LogP contribution in [0.15, 0.2) is 47.3 Å². The third-order valence-electron chi connectivity index (χ3n) is 4.45. The molecular weight excluding hydrogens is 405 g/mol. The molecule has 4 N–H and O–H groups in total. The zero-order valence-electron chi connectivity index (χ0n) is 15.6. The molecule has 0 saturated carbocycles. The van der Waals surface area contributed by atoms with E-state index in [0.29, 0.717) is 12.2 Å². The number of aromatic amines is 1. The first-order valence-corrected chi connectivity index (χ1v) is 8.63. The minimum atomic E-state index is -5.08.